The molecule has 0 aromatic heterocycles. The summed E-state index contributed by atoms with van der Waals surface area (Å²) in [6, 6.07) is -0.188. The molecule has 7 nitrogen and oxygen atoms in total. The van der Waals surface area contributed by atoms with Crippen molar-refractivity contribution in [3.8, 4) is 0 Å². The molecule has 20 heavy (non-hydrogen) atoms. The van der Waals surface area contributed by atoms with E-state index in [-0.39, 0.29) is 18.0 Å². The minimum absolute atomic E-state index is 0.00436. The molecule has 0 aromatic rings. The highest BCUT2D eigenvalue weighted by molar-refractivity contribution is 5.75. The van der Waals surface area contributed by atoms with Gasteiger partial charge >= 0.3 is 12.0 Å². The van der Waals surface area contributed by atoms with E-state index in [0.717, 1.165) is 39.1 Å². The van der Waals surface area contributed by atoms with Crippen molar-refractivity contribution in [2.75, 3.05) is 39.3 Å². The summed E-state index contributed by atoms with van der Waals surface area (Å²) in [7, 11) is 0. The van der Waals surface area contributed by atoms with Crippen LogP contribution in [0.4, 0.5) is 4.79 Å². The van der Waals surface area contributed by atoms with Crippen molar-refractivity contribution in [1.29, 1.82) is 0 Å². The Morgan fingerprint density at radius 3 is 2.65 bits per heavy atom. The highest BCUT2D eigenvalue weighted by atomic mass is 16.4. The summed E-state index contributed by atoms with van der Waals surface area (Å²) in [6.07, 6.45) is 1.95. The van der Waals surface area contributed by atoms with Crippen LogP contribution in [-0.4, -0.2) is 67.3 Å². The normalized spacial score (nSPS) is 27.2. The molecule has 2 rings (SSSR count). The van der Waals surface area contributed by atoms with E-state index in [1.807, 2.05) is 0 Å². The lowest BCUT2D eigenvalue weighted by atomic mass is 10.1. The number of carbonyl (C=O) groups is 2. The third kappa shape index (κ3) is 4.64. The van der Waals surface area contributed by atoms with Crippen LogP contribution in [0.1, 0.15) is 19.3 Å². The molecule has 2 fully saturated rings. The quantitative estimate of drug-likeness (QED) is 0.543. The van der Waals surface area contributed by atoms with Crippen LogP contribution in [0.2, 0.25) is 0 Å². The zero-order valence-corrected chi connectivity index (χ0v) is 11.7. The van der Waals surface area contributed by atoms with Crippen molar-refractivity contribution in [1.82, 2.24) is 20.9 Å². The summed E-state index contributed by atoms with van der Waals surface area (Å²) < 4.78 is 0. The van der Waals surface area contributed by atoms with E-state index in [1.54, 1.807) is 0 Å². The van der Waals surface area contributed by atoms with Crippen LogP contribution in [0.5, 0.6) is 0 Å². The second-order valence-corrected chi connectivity index (χ2v) is 5.54. The molecule has 0 aromatic carbocycles. The topological polar surface area (TPSA) is 93.7 Å². The maximum atomic E-state index is 11.7. The molecule has 1 heterocycles. The smallest absolute Gasteiger partial charge is 0.315 e. The molecule has 2 unspecified atom stereocenters. The number of nitrogens with zero attached hydrogens (tertiary/aromatic N) is 1. The molecule has 1 saturated heterocycles. The Morgan fingerprint density at radius 1 is 1.25 bits per heavy atom. The van der Waals surface area contributed by atoms with Gasteiger partial charge in [-0.15, -0.1) is 0 Å². The Hall–Kier alpha value is -1.34. The summed E-state index contributed by atoms with van der Waals surface area (Å²) in [6.45, 7) is 5.53. The van der Waals surface area contributed by atoms with E-state index < -0.39 is 5.97 Å². The van der Waals surface area contributed by atoms with Crippen LogP contribution in [0.3, 0.4) is 0 Å². The minimum atomic E-state index is -0.756. The van der Waals surface area contributed by atoms with Crippen LogP contribution >= 0.6 is 0 Å². The highest BCUT2D eigenvalue weighted by Gasteiger charge is 2.30. The molecular weight excluding hydrogens is 260 g/mol. The Labute approximate surface area is 119 Å². The lowest BCUT2D eigenvalue weighted by Gasteiger charge is -2.27. The fourth-order valence-electron chi connectivity index (χ4n) is 2.84. The van der Waals surface area contributed by atoms with Crippen molar-refractivity contribution in [2.24, 2.45) is 5.92 Å². The number of hydrogen-bond acceptors (Lipinski definition) is 4. The van der Waals surface area contributed by atoms with Crippen molar-refractivity contribution in [3.63, 3.8) is 0 Å². The number of carboxylic acid groups (broad SMARTS) is 1. The first-order valence-electron chi connectivity index (χ1n) is 7.35. The van der Waals surface area contributed by atoms with E-state index >= 15 is 0 Å². The Morgan fingerprint density at radius 2 is 2.00 bits per heavy atom. The van der Waals surface area contributed by atoms with E-state index in [1.165, 1.54) is 0 Å². The van der Waals surface area contributed by atoms with Gasteiger partial charge in [0.05, 0.1) is 5.92 Å². The molecule has 1 aliphatic carbocycles. The van der Waals surface area contributed by atoms with Gasteiger partial charge in [-0.2, -0.15) is 0 Å². The SMILES string of the molecule is O=C(NCCN1CCNCC1)NC1CCC(C(=O)O)C1. The van der Waals surface area contributed by atoms with Crippen LogP contribution in [0.15, 0.2) is 0 Å². The summed E-state index contributed by atoms with van der Waals surface area (Å²) in [5, 5.41) is 17.9. The van der Waals surface area contributed by atoms with Crippen molar-refractivity contribution < 1.29 is 14.7 Å². The molecule has 7 heteroatoms. The molecule has 2 amide bonds. The monoisotopic (exact) mass is 284 g/mol. The van der Waals surface area contributed by atoms with Gasteiger partial charge in [0.15, 0.2) is 0 Å². The van der Waals surface area contributed by atoms with E-state index in [0.29, 0.717) is 19.4 Å². The molecule has 0 radical (unpaired) electrons. The van der Waals surface area contributed by atoms with Crippen LogP contribution in [-0.2, 0) is 4.79 Å². The van der Waals surface area contributed by atoms with Crippen molar-refractivity contribution >= 4 is 12.0 Å². The third-order valence-corrected chi connectivity index (χ3v) is 4.04. The van der Waals surface area contributed by atoms with E-state index in [2.05, 4.69) is 20.9 Å². The molecule has 1 aliphatic heterocycles. The van der Waals surface area contributed by atoms with Crippen LogP contribution in [0.25, 0.3) is 0 Å². The van der Waals surface area contributed by atoms with Crippen molar-refractivity contribution in [3.05, 3.63) is 0 Å². The first-order chi connectivity index (χ1) is 9.65. The summed E-state index contributed by atoms with van der Waals surface area (Å²) >= 11 is 0. The lowest BCUT2D eigenvalue weighted by Crippen LogP contribution is -2.48. The molecule has 0 bridgehead atoms. The number of piperazine rings is 1. The Balaban J connectivity index is 1.57. The Kier molecular flexibility index (Phi) is 5.60. The van der Waals surface area contributed by atoms with Gasteiger partial charge < -0.3 is 21.1 Å². The molecule has 1 saturated carbocycles. The van der Waals surface area contributed by atoms with Gasteiger partial charge in [-0.3, -0.25) is 9.69 Å². The van der Waals surface area contributed by atoms with Crippen LogP contribution < -0.4 is 16.0 Å². The number of hydrogen-bond donors (Lipinski definition) is 4. The standard InChI is InChI=1S/C13H24N4O3/c18-12(19)10-1-2-11(9-10)16-13(20)15-5-8-17-6-3-14-4-7-17/h10-11,14H,1-9H2,(H,18,19)(H2,15,16,20). The summed E-state index contributed by atoms with van der Waals surface area (Å²) in [5.74, 6) is -1.06. The number of urea groups is 1. The second kappa shape index (κ2) is 7.44. The largest absolute Gasteiger partial charge is 0.481 e. The minimum Gasteiger partial charge on any atom is -0.481 e. The molecule has 114 valence electrons. The Bertz CT molecular complexity index is 345. The van der Waals surface area contributed by atoms with Gasteiger partial charge in [0.1, 0.15) is 0 Å². The molecule has 4 N–H and O–H groups in total. The fourth-order valence-corrected chi connectivity index (χ4v) is 2.84. The molecular formula is C13H24N4O3. The van der Waals surface area contributed by atoms with Crippen LogP contribution in [0, 0.1) is 5.92 Å². The maximum Gasteiger partial charge on any atom is 0.315 e. The molecule has 2 atom stereocenters. The maximum absolute atomic E-state index is 11.7. The number of rotatable bonds is 5. The van der Waals surface area contributed by atoms with Crippen molar-refractivity contribution in [2.45, 2.75) is 25.3 Å². The predicted molar refractivity (Wildman–Crippen MR) is 74.6 cm³/mol. The van der Waals surface area contributed by atoms with Gasteiger partial charge in [-0.25, -0.2) is 4.79 Å². The second-order valence-electron chi connectivity index (χ2n) is 5.54. The molecule has 0 spiro atoms. The average molecular weight is 284 g/mol. The number of aliphatic carboxylic acids is 1. The number of carboxylic acids is 1. The zero-order valence-electron chi connectivity index (χ0n) is 11.7. The summed E-state index contributed by atoms with van der Waals surface area (Å²) in [4.78, 5) is 24.9. The van der Waals surface area contributed by atoms with Gasteiger partial charge in [-0.1, -0.05) is 0 Å². The number of carbonyl (C=O) groups excluding carboxylic acids is 1. The van der Waals surface area contributed by atoms with E-state index in [9.17, 15) is 9.59 Å². The number of nitrogens with one attached hydrogen (secondary N) is 3. The lowest BCUT2D eigenvalue weighted by molar-refractivity contribution is -0.141. The van der Waals surface area contributed by atoms with Gasteiger partial charge in [0.2, 0.25) is 0 Å². The molecule has 2 aliphatic rings. The van der Waals surface area contributed by atoms with Gasteiger partial charge in [-0.05, 0) is 19.3 Å². The fraction of sp³-hybridized carbons (Fsp3) is 0.846. The number of amides is 2. The van der Waals surface area contributed by atoms with E-state index in [4.69, 9.17) is 5.11 Å². The first kappa shape index (κ1) is 15.1. The third-order valence-electron chi connectivity index (χ3n) is 4.04. The predicted octanol–water partition coefficient (Wildman–Crippen LogP) is -0.556. The van der Waals surface area contributed by atoms with Gasteiger partial charge in [0.25, 0.3) is 0 Å². The zero-order chi connectivity index (χ0) is 14.4. The summed E-state index contributed by atoms with van der Waals surface area (Å²) in [5.41, 5.74) is 0. The average Bonchev–Trinajstić information content (AvgIpc) is 2.88. The highest BCUT2D eigenvalue weighted by Crippen LogP contribution is 2.25. The first-order valence-corrected chi connectivity index (χ1v) is 7.35. The van der Waals surface area contributed by atoms with Gasteiger partial charge in [0, 0.05) is 45.3 Å².